The van der Waals surface area contributed by atoms with Gasteiger partial charge in [-0.2, -0.15) is 5.26 Å². The maximum atomic E-state index is 12.6. The molecule has 8 heteroatoms. The van der Waals surface area contributed by atoms with Gasteiger partial charge < -0.3 is 10.6 Å². The highest BCUT2D eigenvalue weighted by Gasteiger charge is 2.26. The Morgan fingerprint density at radius 2 is 1.97 bits per heavy atom. The quantitative estimate of drug-likeness (QED) is 0.281. The number of carbonyl (C=O) groups is 1. The number of carbonyl (C=O) groups excluding carboxylic acids is 1. The number of rotatable bonds is 6. The molecule has 0 radical (unpaired) electrons. The van der Waals surface area contributed by atoms with Gasteiger partial charge in [0.25, 0.3) is 0 Å². The maximum absolute atomic E-state index is 12.6. The Labute approximate surface area is 182 Å². The van der Waals surface area contributed by atoms with Crippen LogP contribution in [-0.2, 0) is 17.6 Å². The number of nitrogens with zero attached hydrogens (tertiary/aromatic N) is 3. The maximum Gasteiger partial charge on any atom is 0.226 e. The fourth-order valence-corrected chi connectivity index (χ4v) is 2.80. The van der Waals surface area contributed by atoms with Gasteiger partial charge in [-0.15, -0.1) is 0 Å². The average molecular weight is 427 g/mol. The topological polar surface area (TPSA) is 102 Å². The van der Waals surface area contributed by atoms with E-state index in [2.05, 4.69) is 25.9 Å². The highest BCUT2D eigenvalue weighted by atomic mass is 35.5. The van der Waals surface area contributed by atoms with Gasteiger partial charge in [0.05, 0.1) is 17.8 Å². The molecule has 1 heterocycles. The van der Waals surface area contributed by atoms with Crippen LogP contribution in [0.5, 0.6) is 0 Å². The predicted octanol–water partition coefficient (Wildman–Crippen LogP) is 3.87. The summed E-state index contributed by atoms with van der Waals surface area (Å²) in [4.78, 5) is 21.6. The van der Waals surface area contributed by atoms with E-state index in [9.17, 15) is 4.79 Å². The molecule has 1 aromatic heterocycles. The van der Waals surface area contributed by atoms with Crippen molar-refractivity contribution in [1.82, 2.24) is 15.6 Å². The number of amides is 1. The van der Waals surface area contributed by atoms with Gasteiger partial charge in [0.1, 0.15) is 6.17 Å². The largest absolute Gasteiger partial charge is 0.333 e. The molecular formula is C22H27ClN6O. The Kier molecular flexibility index (Phi) is 8.19. The number of hydrogen-bond donors (Lipinski definition) is 3. The highest BCUT2D eigenvalue weighted by Crippen LogP contribution is 2.21. The Hall–Kier alpha value is -3.11. The van der Waals surface area contributed by atoms with E-state index in [-0.39, 0.29) is 23.7 Å². The van der Waals surface area contributed by atoms with E-state index in [1.165, 1.54) is 0 Å². The minimum absolute atomic E-state index is 0.173. The normalized spacial score (nSPS) is 12.6. The molecule has 2 rings (SSSR count). The van der Waals surface area contributed by atoms with Gasteiger partial charge in [-0.05, 0) is 36.2 Å². The standard InChI is InChI=1S/C22H27ClN6O/c1-5-17-18(7-6-12-25-17)27-21(26-14-24)29-20(22(2,3)4)28-19(30)13-15-8-10-16(23)11-9-15/h6-12,20H,5,13H2,1-4H3,(H,28,30)(H2,26,27,29). The Balaban J connectivity index is 2.22. The first-order chi connectivity index (χ1) is 14.2. The minimum atomic E-state index is -0.567. The lowest BCUT2D eigenvalue weighted by molar-refractivity contribution is -0.121. The monoisotopic (exact) mass is 426 g/mol. The molecule has 0 saturated carbocycles. The molecule has 0 fully saturated rings. The Bertz CT molecular complexity index is 928. The van der Waals surface area contributed by atoms with Gasteiger partial charge >= 0.3 is 0 Å². The van der Waals surface area contributed by atoms with Crippen LogP contribution in [-0.4, -0.2) is 23.0 Å². The molecule has 0 saturated heterocycles. The molecule has 0 spiro atoms. The lowest BCUT2D eigenvalue weighted by atomic mass is 9.92. The number of nitrogens with one attached hydrogen (secondary N) is 3. The molecular weight excluding hydrogens is 400 g/mol. The van der Waals surface area contributed by atoms with Crippen LogP contribution >= 0.6 is 11.6 Å². The lowest BCUT2D eigenvalue weighted by Gasteiger charge is -2.29. The summed E-state index contributed by atoms with van der Waals surface area (Å²) < 4.78 is 0. The first kappa shape index (κ1) is 23.2. The highest BCUT2D eigenvalue weighted by molar-refractivity contribution is 6.30. The van der Waals surface area contributed by atoms with Gasteiger partial charge in [0.2, 0.25) is 11.9 Å². The van der Waals surface area contributed by atoms with Crippen molar-refractivity contribution in [2.24, 2.45) is 10.4 Å². The van der Waals surface area contributed by atoms with Crippen molar-refractivity contribution in [3.63, 3.8) is 0 Å². The zero-order chi connectivity index (χ0) is 22.1. The second-order valence-electron chi connectivity index (χ2n) is 7.83. The molecule has 1 amide bonds. The van der Waals surface area contributed by atoms with E-state index in [4.69, 9.17) is 16.9 Å². The molecule has 1 unspecified atom stereocenters. The number of benzene rings is 1. The smallest absolute Gasteiger partial charge is 0.226 e. The summed E-state index contributed by atoms with van der Waals surface area (Å²) in [6.45, 7) is 7.90. The molecule has 0 aliphatic rings. The fraction of sp³-hybridized carbons (Fsp3) is 0.364. The van der Waals surface area contributed by atoms with Crippen LogP contribution in [0.3, 0.4) is 0 Å². The number of guanidine groups is 1. The van der Waals surface area contributed by atoms with Crippen LogP contribution in [0.2, 0.25) is 5.02 Å². The number of aliphatic imine (C=N–C) groups is 1. The van der Waals surface area contributed by atoms with E-state index in [0.717, 1.165) is 23.4 Å². The van der Waals surface area contributed by atoms with Crippen molar-refractivity contribution in [1.29, 1.82) is 5.26 Å². The van der Waals surface area contributed by atoms with E-state index in [1.54, 1.807) is 24.4 Å². The Morgan fingerprint density at radius 3 is 2.57 bits per heavy atom. The van der Waals surface area contributed by atoms with E-state index >= 15 is 0 Å². The first-order valence-corrected chi connectivity index (χ1v) is 10.1. The van der Waals surface area contributed by atoms with Gasteiger partial charge in [-0.25, -0.2) is 4.99 Å². The van der Waals surface area contributed by atoms with Crippen molar-refractivity contribution in [3.8, 4) is 6.19 Å². The second kappa shape index (κ2) is 10.6. The second-order valence-corrected chi connectivity index (χ2v) is 8.27. The number of nitriles is 1. The predicted molar refractivity (Wildman–Crippen MR) is 120 cm³/mol. The summed E-state index contributed by atoms with van der Waals surface area (Å²) >= 11 is 5.90. The summed E-state index contributed by atoms with van der Waals surface area (Å²) in [5, 5.41) is 18.4. The van der Waals surface area contributed by atoms with Crippen molar-refractivity contribution in [2.45, 2.75) is 46.7 Å². The molecule has 0 aliphatic heterocycles. The van der Waals surface area contributed by atoms with Crippen molar-refractivity contribution in [3.05, 3.63) is 58.9 Å². The molecule has 30 heavy (non-hydrogen) atoms. The molecule has 0 aliphatic carbocycles. The number of halogens is 1. The zero-order valence-corrected chi connectivity index (χ0v) is 18.4. The molecule has 1 atom stereocenters. The molecule has 2 aromatic rings. The zero-order valence-electron chi connectivity index (χ0n) is 17.7. The third-order valence-electron chi connectivity index (χ3n) is 4.31. The van der Waals surface area contributed by atoms with Gasteiger partial charge in [-0.1, -0.05) is 51.4 Å². The summed E-state index contributed by atoms with van der Waals surface area (Å²) in [7, 11) is 0. The average Bonchev–Trinajstić information content (AvgIpc) is 2.69. The summed E-state index contributed by atoms with van der Waals surface area (Å²) in [6.07, 6.45) is 3.97. The number of anilines is 1. The van der Waals surface area contributed by atoms with Gasteiger partial charge in [-0.3, -0.25) is 15.1 Å². The van der Waals surface area contributed by atoms with Crippen LogP contribution < -0.4 is 16.0 Å². The number of pyridine rings is 1. The van der Waals surface area contributed by atoms with Crippen molar-refractivity contribution in [2.75, 3.05) is 5.32 Å². The number of aromatic nitrogens is 1. The summed E-state index contributed by atoms with van der Waals surface area (Å²) in [6, 6.07) is 10.8. The van der Waals surface area contributed by atoms with E-state index < -0.39 is 6.17 Å². The van der Waals surface area contributed by atoms with Crippen LogP contribution in [0.15, 0.2) is 47.6 Å². The molecule has 0 bridgehead atoms. The summed E-state index contributed by atoms with van der Waals surface area (Å²) in [5.74, 6) is 0.0693. The first-order valence-electron chi connectivity index (χ1n) is 9.70. The molecule has 1 aromatic carbocycles. The third-order valence-corrected chi connectivity index (χ3v) is 4.56. The SMILES string of the molecule is CCc1ncccc1NC(=NC(NC(=O)Cc1ccc(Cl)cc1)C(C)(C)C)NC#N. The molecule has 7 nitrogen and oxygen atoms in total. The van der Waals surface area contributed by atoms with Crippen molar-refractivity contribution >= 4 is 29.2 Å². The number of hydrogen-bond acceptors (Lipinski definition) is 4. The summed E-state index contributed by atoms with van der Waals surface area (Å²) in [5.41, 5.74) is 2.07. The van der Waals surface area contributed by atoms with E-state index in [1.807, 2.05) is 52.1 Å². The van der Waals surface area contributed by atoms with Crippen LogP contribution in [0, 0.1) is 16.9 Å². The lowest BCUT2D eigenvalue weighted by Crippen LogP contribution is -2.45. The fourth-order valence-electron chi connectivity index (χ4n) is 2.67. The third kappa shape index (κ3) is 7.05. The number of aryl methyl sites for hydroxylation is 1. The Morgan fingerprint density at radius 1 is 1.27 bits per heavy atom. The molecule has 158 valence electrons. The minimum Gasteiger partial charge on any atom is -0.333 e. The van der Waals surface area contributed by atoms with Crippen LogP contribution in [0.25, 0.3) is 0 Å². The van der Waals surface area contributed by atoms with Crippen molar-refractivity contribution < 1.29 is 4.79 Å². The van der Waals surface area contributed by atoms with Crippen LogP contribution in [0.1, 0.15) is 39.0 Å². The molecule has 3 N–H and O–H groups in total. The van der Waals surface area contributed by atoms with Gasteiger partial charge in [0, 0.05) is 16.6 Å². The van der Waals surface area contributed by atoms with Gasteiger partial charge in [0.15, 0.2) is 6.19 Å². The van der Waals surface area contributed by atoms with E-state index in [0.29, 0.717) is 5.02 Å². The van der Waals surface area contributed by atoms with Crippen LogP contribution in [0.4, 0.5) is 5.69 Å².